The van der Waals surface area contributed by atoms with E-state index in [1.165, 1.54) is 135 Å². The molecule has 0 amide bonds. The molecule has 0 bridgehead atoms. The van der Waals surface area contributed by atoms with Crippen LogP contribution in [-0.4, -0.2) is 70.7 Å². The summed E-state index contributed by atoms with van der Waals surface area (Å²) in [5.41, 5.74) is 0. The van der Waals surface area contributed by atoms with E-state index in [-0.39, 0.29) is 25.8 Å². The second-order valence-corrected chi connectivity index (χ2v) is 17.5. The zero-order valence-corrected chi connectivity index (χ0v) is 36.4. The molecule has 0 saturated carbocycles. The third kappa shape index (κ3) is 42.0. The molecule has 0 radical (unpaired) electrons. The van der Waals surface area contributed by atoms with Crippen molar-refractivity contribution in [3.8, 4) is 0 Å². The summed E-state index contributed by atoms with van der Waals surface area (Å²) in [5.74, 6) is -0.337. The Labute approximate surface area is 328 Å². The monoisotopic (exact) mass is 772 g/mol. The van der Waals surface area contributed by atoms with Gasteiger partial charge in [0.15, 0.2) is 0 Å². The van der Waals surface area contributed by atoms with Gasteiger partial charge in [-0.05, 0) is 44.9 Å². The molecule has 0 aliphatic rings. The third-order valence-electron chi connectivity index (χ3n) is 9.51. The molecule has 0 heterocycles. The fourth-order valence-electron chi connectivity index (χ4n) is 6.05. The van der Waals surface area contributed by atoms with Crippen LogP contribution in [0, 0.1) is 0 Å². The van der Waals surface area contributed by atoms with E-state index >= 15 is 0 Å². The van der Waals surface area contributed by atoms with Gasteiger partial charge >= 0.3 is 5.97 Å². The first kappa shape index (κ1) is 52.0. The summed E-state index contributed by atoms with van der Waals surface area (Å²) >= 11 is 0. The normalized spacial score (nSPS) is 14.0. The number of carbonyl (C=O) groups excluding carboxylic acids is 1. The van der Waals surface area contributed by atoms with E-state index in [1.54, 1.807) is 0 Å². The molecule has 2 atom stereocenters. The van der Waals surface area contributed by atoms with Crippen LogP contribution in [0.15, 0.2) is 24.3 Å². The van der Waals surface area contributed by atoms with Crippen molar-refractivity contribution >= 4 is 13.8 Å². The van der Waals surface area contributed by atoms with Gasteiger partial charge in [0.2, 0.25) is 0 Å². The van der Waals surface area contributed by atoms with Crippen molar-refractivity contribution in [1.82, 2.24) is 0 Å². The van der Waals surface area contributed by atoms with Gasteiger partial charge in [-0.2, -0.15) is 0 Å². The number of hydrogen-bond donors (Lipinski definition) is 0. The molecule has 2 unspecified atom stereocenters. The Bertz CT molecular complexity index is 905. The number of rotatable bonds is 41. The number of esters is 1. The summed E-state index contributed by atoms with van der Waals surface area (Å²) in [5, 5.41) is 0. The number of phosphoric ester groups is 1. The minimum absolute atomic E-state index is 0.0271. The van der Waals surface area contributed by atoms with Crippen LogP contribution in [0.25, 0.3) is 0 Å². The fraction of sp³-hybridized carbons (Fsp3) is 0.886. The lowest BCUT2D eigenvalue weighted by atomic mass is 10.1. The van der Waals surface area contributed by atoms with Crippen molar-refractivity contribution in [2.24, 2.45) is 0 Å². The van der Waals surface area contributed by atoms with Gasteiger partial charge in [0.1, 0.15) is 19.3 Å². The van der Waals surface area contributed by atoms with Gasteiger partial charge in [-0.3, -0.25) is 9.36 Å². The van der Waals surface area contributed by atoms with Crippen molar-refractivity contribution in [2.45, 2.75) is 200 Å². The molecule has 0 aliphatic carbocycles. The highest BCUT2D eigenvalue weighted by Gasteiger charge is 2.20. The first-order valence-corrected chi connectivity index (χ1v) is 23.5. The van der Waals surface area contributed by atoms with E-state index in [1.807, 2.05) is 21.1 Å². The van der Waals surface area contributed by atoms with Gasteiger partial charge in [0.25, 0.3) is 7.82 Å². The third-order valence-corrected chi connectivity index (χ3v) is 10.5. The minimum Gasteiger partial charge on any atom is -0.756 e. The van der Waals surface area contributed by atoms with E-state index < -0.39 is 13.9 Å². The molecule has 0 aromatic rings. The number of carbonyl (C=O) groups is 1. The lowest BCUT2D eigenvalue weighted by Crippen LogP contribution is -2.37. The maximum absolute atomic E-state index is 12.7. The van der Waals surface area contributed by atoms with Crippen LogP contribution in [0.4, 0.5) is 0 Å². The molecule has 0 saturated heterocycles. The molecule has 8 nitrogen and oxygen atoms in total. The Hall–Kier alpha value is -1.02. The Morgan fingerprint density at radius 3 is 1.57 bits per heavy atom. The molecule has 9 heteroatoms. The van der Waals surface area contributed by atoms with Crippen molar-refractivity contribution in [3.05, 3.63) is 24.3 Å². The molecule has 53 heavy (non-hydrogen) atoms. The average molecular weight is 772 g/mol. The van der Waals surface area contributed by atoms with E-state index in [9.17, 15) is 14.3 Å². The molecule has 0 aliphatic heterocycles. The highest BCUT2D eigenvalue weighted by atomic mass is 31.2. The SMILES string of the molecule is CCCCC/C=C\C/C=C\CCCCCCCCCCCC(=O)OC(COCCCCCCCCCCCCCC)COP(=O)([O-])OCC[N+](C)(C)C. The molecule has 0 N–H and O–H groups in total. The van der Waals surface area contributed by atoms with Crippen LogP contribution in [0.1, 0.15) is 194 Å². The molecule has 0 fully saturated rings. The summed E-state index contributed by atoms with van der Waals surface area (Å²) in [7, 11) is 1.36. The number of phosphoric acid groups is 1. The van der Waals surface area contributed by atoms with Crippen molar-refractivity contribution in [1.29, 1.82) is 0 Å². The quantitative estimate of drug-likeness (QED) is 0.0201. The topological polar surface area (TPSA) is 94.1 Å². The van der Waals surface area contributed by atoms with Crippen LogP contribution in [0.5, 0.6) is 0 Å². The predicted molar refractivity (Wildman–Crippen MR) is 222 cm³/mol. The second-order valence-electron chi connectivity index (χ2n) is 16.1. The minimum atomic E-state index is -4.52. The Morgan fingerprint density at radius 1 is 0.585 bits per heavy atom. The maximum atomic E-state index is 12.7. The maximum Gasteiger partial charge on any atom is 0.306 e. The smallest absolute Gasteiger partial charge is 0.306 e. The van der Waals surface area contributed by atoms with Crippen molar-refractivity contribution < 1.29 is 37.3 Å². The summed E-state index contributed by atoms with van der Waals surface area (Å²) in [6, 6.07) is 0. The van der Waals surface area contributed by atoms with Gasteiger partial charge in [-0.25, -0.2) is 0 Å². The van der Waals surface area contributed by atoms with E-state index in [4.69, 9.17) is 18.5 Å². The number of unbranched alkanes of at least 4 members (excludes halogenated alkanes) is 23. The summed E-state index contributed by atoms with van der Waals surface area (Å²) < 4.78 is 34.6. The molecular weight excluding hydrogens is 685 g/mol. The van der Waals surface area contributed by atoms with Gasteiger partial charge in [0.05, 0.1) is 34.4 Å². The second kappa shape index (κ2) is 37.9. The number of quaternary nitrogens is 1. The average Bonchev–Trinajstić information content (AvgIpc) is 3.11. The lowest BCUT2D eigenvalue weighted by Gasteiger charge is -2.28. The van der Waals surface area contributed by atoms with Crippen LogP contribution in [-0.2, 0) is 27.9 Å². The Kier molecular flexibility index (Phi) is 37.2. The molecule has 0 rings (SSSR count). The molecular formula is C44H86NO7P. The van der Waals surface area contributed by atoms with Crippen molar-refractivity contribution in [2.75, 3.05) is 54.1 Å². The Morgan fingerprint density at radius 2 is 1.04 bits per heavy atom. The lowest BCUT2D eigenvalue weighted by molar-refractivity contribution is -0.870. The summed E-state index contributed by atoms with van der Waals surface area (Å²) in [6.45, 7) is 5.40. The highest BCUT2D eigenvalue weighted by Crippen LogP contribution is 2.38. The van der Waals surface area contributed by atoms with Crippen LogP contribution < -0.4 is 4.89 Å². The zero-order valence-electron chi connectivity index (χ0n) is 35.5. The molecule has 0 aromatic carbocycles. The van der Waals surface area contributed by atoms with E-state index in [2.05, 4.69) is 38.2 Å². The predicted octanol–water partition coefficient (Wildman–Crippen LogP) is 12.2. The largest absolute Gasteiger partial charge is 0.756 e. The first-order valence-electron chi connectivity index (χ1n) is 22.1. The number of nitrogens with zero attached hydrogens (tertiary/aromatic N) is 1. The molecule has 0 aromatic heterocycles. The van der Waals surface area contributed by atoms with Gasteiger partial charge < -0.3 is 27.9 Å². The first-order chi connectivity index (χ1) is 25.6. The number of hydrogen-bond acceptors (Lipinski definition) is 7. The molecule has 314 valence electrons. The van der Waals surface area contributed by atoms with Crippen molar-refractivity contribution in [3.63, 3.8) is 0 Å². The van der Waals surface area contributed by atoms with E-state index in [0.717, 1.165) is 38.5 Å². The summed E-state index contributed by atoms with van der Waals surface area (Å²) in [4.78, 5) is 25.0. The van der Waals surface area contributed by atoms with Gasteiger partial charge in [-0.15, -0.1) is 0 Å². The number of allylic oxidation sites excluding steroid dienone is 4. The highest BCUT2D eigenvalue weighted by molar-refractivity contribution is 7.45. The summed E-state index contributed by atoms with van der Waals surface area (Å²) in [6.07, 6.45) is 41.8. The number of likely N-dealkylation sites (N-methyl/N-ethyl adjacent to an activating group) is 1. The van der Waals surface area contributed by atoms with Crippen LogP contribution in [0.3, 0.4) is 0 Å². The number of ether oxygens (including phenoxy) is 2. The standard InChI is InChI=1S/C44H86NO7P/c1-6-8-10-12-14-16-18-20-21-22-23-24-25-26-27-29-31-33-35-37-44(46)52-43(42-51-53(47,48)50-40-38-45(3,4)5)41-49-39-36-34-32-30-28-19-17-15-13-11-9-7-2/h14,16,20-21,43H,6-13,15,17-19,22-42H2,1-5H3/b16-14-,21-20-. The van der Waals surface area contributed by atoms with Gasteiger partial charge in [0, 0.05) is 13.0 Å². The zero-order chi connectivity index (χ0) is 39.1. The van der Waals surface area contributed by atoms with Gasteiger partial charge in [-0.1, -0.05) is 167 Å². The molecule has 0 spiro atoms. The van der Waals surface area contributed by atoms with Crippen LogP contribution in [0.2, 0.25) is 0 Å². The Balaban J connectivity index is 4.19. The van der Waals surface area contributed by atoms with E-state index in [0.29, 0.717) is 24.1 Å². The van der Waals surface area contributed by atoms with Crippen LogP contribution >= 0.6 is 7.82 Å². The fourth-order valence-corrected chi connectivity index (χ4v) is 6.78.